The monoisotopic (exact) mass is 406 g/mol. The zero-order valence-electron chi connectivity index (χ0n) is 14.2. The summed E-state index contributed by atoms with van der Waals surface area (Å²) in [6.45, 7) is 4.32. The van der Waals surface area contributed by atoms with Crippen LogP contribution in [0.1, 0.15) is 31.4 Å². The van der Waals surface area contributed by atoms with E-state index in [4.69, 9.17) is 24.0 Å². The average Bonchev–Trinajstić information content (AvgIpc) is 3.06. The van der Waals surface area contributed by atoms with Crippen LogP contribution in [0.5, 0.6) is 0 Å². The van der Waals surface area contributed by atoms with Gasteiger partial charge in [-0.1, -0.05) is 23.4 Å². The van der Waals surface area contributed by atoms with Gasteiger partial charge in [0.15, 0.2) is 6.29 Å². The van der Waals surface area contributed by atoms with Gasteiger partial charge in [-0.3, -0.25) is 4.74 Å². The molecule has 1 unspecified atom stereocenters. The van der Waals surface area contributed by atoms with Gasteiger partial charge in [0.2, 0.25) is 0 Å². The first-order valence-corrected chi connectivity index (χ1v) is 8.98. The summed E-state index contributed by atoms with van der Waals surface area (Å²) in [5.74, 6) is -1.40. The molecule has 2 aromatic rings. The normalized spacial score (nSPS) is 27.8. The van der Waals surface area contributed by atoms with Crippen LogP contribution in [0.15, 0.2) is 35.5 Å². The molecule has 2 aliphatic heterocycles. The van der Waals surface area contributed by atoms with Crippen molar-refractivity contribution in [3.8, 4) is 0 Å². The first-order chi connectivity index (χ1) is 12.0. The Balaban J connectivity index is 1.88. The maximum Gasteiger partial charge on any atom is 0.294 e. The van der Waals surface area contributed by atoms with E-state index < -0.39 is 12.1 Å². The highest BCUT2D eigenvalue weighted by atomic mass is 79.9. The maximum absolute atomic E-state index is 6.27. The Morgan fingerprint density at radius 3 is 2.88 bits per heavy atom. The third-order valence-corrected chi connectivity index (χ3v) is 5.06. The molecule has 0 saturated heterocycles. The van der Waals surface area contributed by atoms with Crippen LogP contribution in [0.2, 0.25) is 0 Å². The van der Waals surface area contributed by atoms with Crippen LogP contribution in [0.4, 0.5) is 0 Å². The van der Waals surface area contributed by atoms with Gasteiger partial charge in [0.1, 0.15) is 16.2 Å². The largest absolute Gasteiger partial charge is 0.384 e. The molecule has 25 heavy (non-hydrogen) atoms. The number of rotatable bonds is 4. The number of ether oxygens (including phenoxy) is 3. The van der Waals surface area contributed by atoms with E-state index in [1.807, 2.05) is 38.1 Å². The Kier molecular flexibility index (Phi) is 4.27. The van der Waals surface area contributed by atoms with Crippen LogP contribution in [-0.4, -0.2) is 29.4 Å². The molecule has 1 spiro atoms. The zero-order chi connectivity index (χ0) is 17.6. The number of para-hydroxylation sites is 1. The molecule has 3 heterocycles. The Hall–Kier alpha value is -1.54. The van der Waals surface area contributed by atoms with Gasteiger partial charge in [0, 0.05) is 18.1 Å². The second kappa shape index (κ2) is 6.32. The molecule has 132 valence electrons. The highest BCUT2D eigenvalue weighted by molar-refractivity contribution is 9.18. The second-order valence-electron chi connectivity index (χ2n) is 6.43. The third-order valence-electron chi connectivity index (χ3n) is 4.36. The molecule has 0 aliphatic carbocycles. The van der Waals surface area contributed by atoms with Crippen molar-refractivity contribution in [1.82, 2.24) is 4.98 Å². The molecule has 1 aromatic heterocycles. The molecule has 3 atom stereocenters. The lowest BCUT2D eigenvalue weighted by Gasteiger charge is -2.28. The summed E-state index contributed by atoms with van der Waals surface area (Å²) in [4.78, 5) is 10.6. The SMILES string of the molecule is COCC1C(Br)=NO[C@]12O[C@H](OC(C)C)c1cc3ccccc3nc12. The highest BCUT2D eigenvalue weighted by Gasteiger charge is 2.60. The van der Waals surface area contributed by atoms with Crippen LogP contribution in [0, 0.1) is 5.92 Å². The third kappa shape index (κ3) is 2.66. The molecule has 6 nitrogen and oxygen atoms in total. The Morgan fingerprint density at radius 2 is 2.12 bits per heavy atom. The van der Waals surface area contributed by atoms with Gasteiger partial charge in [-0.15, -0.1) is 0 Å². The van der Waals surface area contributed by atoms with E-state index in [1.165, 1.54) is 0 Å². The van der Waals surface area contributed by atoms with E-state index in [-0.39, 0.29) is 12.0 Å². The lowest BCUT2D eigenvalue weighted by molar-refractivity contribution is -0.317. The number of oxime groups is 1. The number of fused-ring (bicyclic) bond motifs is 3. The molecular formula is C18H19BrN2O4. The van der Waals surface area contributed by atoms with Crippen molar-refractivity contribution in [2.24, 2.45) is 11.1 Å². The smallest absolute Gasteiger partial charge is 0.294 e. The van der Waals surface area contributed by atoms with E-state index in [9.17, 15) is 0 Å². The minimum atomic E-state index is -1.15. The van der Waals surface area contributed by atoms with Gasteiger partial charge < -0.3 is 14.3 Å². The van der Waals surface area contributed by atoms with Crippen molar-refractivity contribution in [3.63, 3.8) is 0 Å². The highest BCUT2D eigenvalue weighted by Crippen LogP contribution is 2.52. The summed E-state index contributed by atoms with van der Waals surface area (Å²) in [5, 5.41) is 5.13. The van der Waals surface area contributed by atoms with Gasteiger partial charge >= 0.3 is 0 Å². The molecule has 1 aromatic carbocycles. The lowest BCUT2D eigenvalue weighted by atomic mass is 9.95. The summed E-state index contributed by atoms with van der Waals surface area (Å²) in [7, 11) is 1.64. The Morgan fingerprint density at radius 1 is 1.32 bits per heavy atom. The van der Waals surface area contributed by atoms with E-state index in [2.05, 4.69) is 27.2 Å². The first kappa shape index (κ1) is 16.9. The number of benzene rings is 1. The summed E-state index contributed by atoms with van der Waals surface area (Å²) in [6.07, 6.45) is -0.578. The van der Waals surface area contributed by atoms with Crippen LogP contribution < -0.4 is 0 Å². The molecule has 4 rings (SSSR count). The number of halogens is 1. The van der Waals surface area contributed by atoms with E-state index in [0.29, 0.717) is 16.9 Å². The fourth-order valence-corrected chi connectivity index (χ4v) is 3.78. The van der Waals surface area contributed by atoms with Gasteiger partial charge in [-0.05, 0) is 41.9 Å². The van der Waals surface area contributed by atoms with Gasteiger partial charge in [0.25, 0.3) is 5.79 Å². The molecule has 2 aliphatic rings. The molecular weight excluding hydrogens is 388 g/mol. The summed E-state index contributed by atoms with van der Waals surface area (Å²) in [6, 6.07) is 9.99. The number of aromatic nitrogens is 1. The molecule has 0 amide bonds. The molecule has 0 bridgehead atoms. The predicted molar refractivity (Wildman–Crippen MR) is 96.3 cm³/mol. The van der Waals surface area contributed by atoms with Gasteiger partial charge in [-0.25, -0.2) is 4.98 Å². The lowest BCUT2D eigenvalue weighted by Crippen LogP contribution is -2.39. The van der Waals surface area contributed by atoms with Crippen molar-refractivity contribution in [1.29, 1.82) is 0 Å². The molecule has 0 saturated carbocycles. The van der Waals surface area contributed by atoms with Crippen LogP contribution in [0.25, 0.3) is 10.9 Å². The quantitative estimate of drug-likeness (QED) is 0.771. The Bertz CT molecular complexity index is 841. The van der Waals surface area contributed by atoms with Crippen molar-refractivity contribution in [2.45, 2.75) is 32.0 Å². The van der Waals surface area contributed by atoms with Crippen LogP contribution >= 0.6 is 15.9 Å². The van der Waals surface area contributed by atoms with Gasteiger partial charge in [0.05, 0.1) is 18.2 Å². The summed E-state index contributed by atoms with van der Waals surface area (Å²) < 4.78 is 18.3. The topological polar surface area (TPSA) is 62.2 Å². The minimum Gasteiger partial charge on any atom is -0.384 e. The van der Waals surface area contributed by atoms with E-state index >= 15 is 0 Å². The van der Waals surface area contributed by atoms with E-state index in [1.54, 1.807) is 7.11 Å². The van der Waals surface area contributed by atoms with Crippen LogP contribution in [-0.2, 0) is 24.8 Å². The number of methoxy groups -OCH3 is 1. The van der Waals surface area contributed by atoms with E-state index in [0.717, 1.165) is 16.5 Å². The number of hydrogen-bond acceptors (Lipinski definition) is 6. The minimum absolute atomic E-state index is 0.00823. The first-order valence-electron chi connectivity index (χ1n) is 8.19. The maximum atomic E-state index is 6.27. The molecule has 0 fully saturated rings. The number of pyridine rings is 1. The second-order valence-corrected chi connectivity index (χ2v) is 7.25. The zero-order valence-corrected chi connectivity index (χ0v) is 15.8. The molecule has 7 heteroatoms. The average molecular weight is 407 g/mol. The van der Waals surface area contributed by atoms with Crippen LogP contribution in [0.3, 0.4) is 0 Å². The fourth-order valence-electron chi connectivity index (χ4n) is 3.27. The van der Waals surface area contributed by atoms with Crippen molar-refractivity contribution in [2.75, 3.05) is 13.7 Å². The Labute approximate surface area is 154 Å². The summed E-state index contributed by atoms with van der Waals surface area (Å²) in [5.41, 5.74) is 2.43. The van der Waals surface area contributed by atoms with Crippen molar-refractivity contribution in [3.05, 3.63) is 41.6 Å². The molecule has 0 N–H and O–H groups in total. The fraction of sp³-hybridized carbons (Fsp3) is 0.444. The van der Waals surface area contributed by atoms with Crippen molar-refractivity contribution < 1.29 is 19.0 Å². The predicted octanol–water partition coefficient (Wildman–Crippen LogP) is 3.84. The number of nitrogens with zero attached hydrogens (tertiary/aromatic N) is 2. The standard InChI is InChI=1S/C18H19BrN2O4/c1-10(2)23-17-12-8-11-6-4-5-7-14(11)20-15(12)18(24-17)13(9-22-3)16(19)21-25-18/h4-8,10,13,17H,9H2,1-3H3/t13?,17-,18+/m0/s1. The van der Waals surface area contributed by atoms with Gasteiger partial charge in [-0.2, -0.15) is 0 Å². The summed E-state index contributed by atoms with van der Waals surface area (Å²) >= 11 is 3.46. The van der Waals surface area contributed by atoms with Crippen molar-refractivity contribution >= 4 is 31.5 Å². The molecule has 0 radical (unpaired) electrons. The number of hydrogen-bond donors (Lipinski definition) is 0.